The molecule has 122 valence electrons. The average molecular weight is 323 g/mol. The molecule has 24 heavy (non-hydrogen) atoms. The quantitative estimate of drug-likeness (QED) is 0.694. The molecule has 0 saturated carbocycles. The predicted octanol–water partition coefficient (Wildman–Crippen LogP) is 2.90. The SMILES string of the molecule is CCOc1cc(/C=C2/C(=O)NC(=O)c3ccccc32)ccc1OC. The first-order valence-corrected chi connectivity index (χ1v) is 7.61. The fourth-order valence-electron chi connectivity index (χ4n) is 2.64. The zero-order chi connectivity index (χ0) is 17.1. The normalized spacial score (nSPS) is 15.0. The van der Waals surface area contributed by atoms with E-state index in [1.54, 1.807) is 43.5 Å². The second kappa shape index (κ2) is 6.58. The molecule has 5 heteroatoms. The monoisotopic (exact) mass is 323 g/mol. The van der Waals surface area contributed by atoms with Crippen molar-refractivity contribution in [1.82, 2.24) is 5.32 Å². The zero-order valence-corrected chi connectivity index (χ0v) is 13.5. The minimum atomic E-state index is -0.410. The highest BCUT2D eigenvalue weighted by molar-refractivity contribution is 6.33. The number of carbonyl (C=O) groups is 2. The van der Waals surface area contributed by atoms with Crippen molar-refractivity contribution in [3.63, 3.8) is 0 Å². The van der Waals surface area contributed by atoms with Crippen LogP contribution in [0.2, 0.25) is 0 Å². The maximum absolute atomic E-state index is 12.2. The van der Waals surface area contributed by atoms with E-state index in [0.717, 1.165) is 5.56 Å². The van der Waals surface area contributed by atoms with Gasteiger partial charge in [-0.15, -0.1) is 0 Å². The van der Waals surface area contributed by atoms with Gasteiger partial charge in [-0.2, -0.15) is 0 Å². The van der Waals surface area contributed by atoms with E-state index in [0.29, 0.717) is 34.8 Å². The van der Waals surface area contributed by atoms with Gasteiger partial charge in [0.15, 0.2) is 11.5 Å². The Bertz CT molecular complexity index is 839. The molecule has 5 nitrogen and oxygen atoms in total. The van der Waals surface area contributed by atoms with Crippen LogP contribution >= 0.6 is 0 Å². The van der Waals surface area contributed by atoms with Crippen molar-refractivity contribution < 1.29 is 19.1 Å². The number of nitrogens with one attached hydrogen (secondary N) is 1. The molecule has 1 N–H and O–H groups in total. The molecule has 0 atom stereocenters. The number of rotatable bonds is 4. The molecule has 0 bridgehead atoms. The summed E-state index contributed by atoms with van der Waals surface area (Å²) in [5.74, 6) is 0.447. The van der Waals surface area contributed by atoms with Gasteiger partial charge in [-0.25, -0.2) is 0 Å². The standard InChI is InChI=1S/C19H17NO4/c1-3-24-17-11-12(8-9-16(17)23-2)10-15-13-6-4-5-7-14(13)18(21)20-19(15)22/h4-11H,3H2,1-2H3,(H,20,21,22)/b15-10+. The van der Waals surface area contributed by atoms with Crippen LogP contribution in [0.25, 0.3) is 11.6 Å². The molecule has 0 saturated heterocycles. The van der Waals surface area contributed by atoms with Gasteiger partial charge < -0.3 is 9.47 Å². The summed E-state index contributed by atoms with van der Waals surface area (Å²) in [6, 6.07) is 12.5. The molecule has 0 aromatic heterocycles. The fraction of sp³-hybridized carbons (Fsp3) is 0.158. The van der Waals surface area contributed by atoms with Crippen LogP contribution in [-0.2, 0) is 4.79 Å². The third kappa shape index (κ3) is 2.88. The Morgan fingerprint density at radius 3 is 2.46 bits per heavy atom. The van der Waals surface area contributed by atoms with Gasteiger partial charge in [-0.1, -0.05) is 24.3 Å². The number of hydrogen-bond acceptors (Lipinski definition) is 4. The number of ether oxygens (including phenoxy) is 2. The van der Waals surface area contributed by atoms with Crippen LogP contribution in [0.5, 0.6) is 11.5 Å². The minimum Gasteiger partial charge on any atom is -0.493 e. The molecule has 0 spiro atoms. The van der Waals surface area contributed by atoms with Gasteiger partial charge in [0.25, 0.3) is 11.8 Å². The van der Waals surface area contributed by atoms with E-state index in [-0.39, 0.29) is 5.91 Å². The zero-order valence-electron chi connectivity index (χ0n) is 13.5. The summed E-state index contributed by atoms with van der Waals surface area (Å²) >= 11 is 0. The molecular weight excluding hydrogens is 306 g/mol. The molecule has 1 aliphatic rings. The Morgan fingerprint density at radius 1 is 1.00 bits per heavy atom. The summed E-state index contributed by atoms with van der Waals surface area (Å²) in [6.45, 7) is 2.40. The van der Waals surface area contributed by atoms with E-state index in [2.05, 4.69) is 5.32 Å². The van der Waals surface area contributed by atoms with Crippen molar-refractivity contribution >= 4 is 23.5 Å². The maximum atomic E-state index is 12.2. The van der Waals surface area contributed by atoms with Crippen LogP contribution in [0, 0.1) is 0 Å². The molecule has 2 amide bonds. The van der Waals surface area contributed by atoms with Crippen LogP contribution < -0.4 is 14.8 Å². The lowest BCUT2D eigenvalue weighted by molar-refractivity contribution is -0.114. The van der Waals surface area contributed by atoms with E-state index in [1.807, 2.05) is 19.1 Å². The summed E-state index contributed by atoms with van der Waals surface area (Å²) in [5, 5.41) is 2.37. The topological polar surface area (TPSA) is 64.6 Å². The predicted molar refractivity (Wildman–Crippen MR) is 90.9 cm³/mol. The molecule has 0 fully saturated rings. The van der Waals surface area contributed by atoms with Crippen LogP contribution in [0.1, 0.15) is 28.4 Å². The van der Waals surface area contributed by atoms with Gasteiger partial charge in [0.1, 0.15) is 0 Å². The first kappa shape index (κ1) is 15.8. The van der Waals surface area contributed by atoms with Gasteiger partial charge in [0, 0.05) is 11.1 Å². The van der Waals surface area contributed by atoms with E-state index >= 15 is 0 Å². The largest absolute Gasteiger partial charge is 0.493 e. The van der Waals surface area contributed by atoms with Gasteiger partial charge in [-0.3, -0.25) is 14.9 Å². The highest BCUT2D eigenvalue weighted by atomic mass is 16.5. The third-order valence-corrected chi connectivity index (χ3v) is 3.73. The lowest BCUT2D eigenvalue weighted by Gasteiger charge is -2.18. The Labute approximate surface area is 139 Å². The summed E-state index contributed by atoms with van der Waals surface area (Å²) in [4.78, 5) is 24.2. The van der Waals surface area contributed by atoms with E-state index in [1.165, 1.54) is 0 Å². The smallest absolute Gasteiger partial charge is 0.258 e. The van der Waals surface area contributed by atoms with Crippen LogP contribution in [0.15, 0.2) is 42.5 Å². The second-order valence-corrected chi connectivity index (χ2v) is 5.23. The van der Waals surface area contributed by atoms with Gasteiger partial charge in [0.05, 0.1) is 13.7 Å². The number of methoxy groups -OCH3 is 1. The molecule has 1 heterocycles. The van der Waals surface area contributed by atoms with Crippen LogP contribution in [0.4, 0.5) is 0 Å². The molecule has 2 aromatic rings. The minimum absolute atomic E-state index is 0.377. The summed E-state index contributed by atoms with van der Waals surface area (Å²) < 4.78 is 10.8. The third-order valence-electron chi connectivity index (χ3n) is 3.73. The van der Waals surface area contributed by atoms with Gasteiger partial charge in [0.2, 0.25) is 0 Å². The van der Waals surface area contributed by atoms with Gasteiger partial charge in [-0.05, 0) is 42.3 Å². The fourth-order valence-corrected chi connectivity index (χ4v) is 2.64. The Balaban J connectivity index is 2.08. The average Bonchev–Trinajstić information content (AvgIpc) is 2.59. The van der Waals surface area contributed by atoms with Crippen molar-refractivity contribution in [2.75, 3.05) is 13.7 Å². The molecule has 3 rings (SSSR count). The molecule has 0 unspecified atom stereocenters. The van der Waals surface area contributed by atoms with Crippen molar-refractivity contribution in [1.29, 1.82) is 0 Å². The van der Waals surface area contributed by atoms with Crippen molar-refractivity contribution in [2.24, 2.45) is 0 Å². The van der Waals surface area contributed by atoms with Crippen LogP contribution in [-0.4, -0.2) is 25.5 Å². The number of amides is 2. The summed E-state index contributed by atoms with van der Waals surface area (Å²) in [6.07, 6.45) is 1.74. The number of carbonyl (C=O) groups excluding carboxylic acids is 2. The Kier molecular flexibility index (Phi) is 4.33. The van der Waals surface area contributed by atoms with Gasteiger partial charge >= 0.3 is 0 Å². The molecule has 1 aliphatic heterocycles. The van der Waals surface area contributed by atoms with Crippen molar-refractivity contribution in [2.45, 2.75) is 6.92 Å². The Hall–Kier alpha value is -3.08. The molecular formula is C19H17NO4. The van der Waals surface area contributed by atoms with E-state index in [9.17, 15) is 9.59 Å². The summed E-state index contributed by atoms with van der Waals surface area (Å²) in [5.41, 5.74) is 2.34. The highest BCUT2D eigenvalue weighted by Crippen LogP contribution is 2.31. The number of hydrogen-bond donors (Lipinski definition) is 1. The van der Waals surface area contributed by atoms with E-state index < -0.39 is 5.91 Å². The number of imide groups is 1. The van der Waals surface area contributed by atoms with Crippen molar-refractivity contribution in [3.05, 3.63) is 59.2 Å². The van der Waals surface area contributed by atoms with Crippen molar-refractivity contribution in [3.8, 4) is 11.5 Å². The maximum Gasteiger partial charge on any atom is 0.258 e. The molecule has 2 aromatic carbocycles. The Morgan fingerprint density at radius 2 is 1.75 bits per heavy atom. The molecule has 0 aliphatic carbocycles. The number of benzene rings is 2. The number of fused-ring (bicyclic) bond motifs is 1. The first-order chi connectivity index (χ1) is 11.6. The van der Waals surface area contributed by atoms with Crippen LogP contribution in [0.3, 0.4) is 0 Å². The highest BCUT2D eigenvalue weighted by Gasteiger charge is 2.26. The molecule has 0 radical (unpaired) electrons. The second-order valence-electron chi connectivity index (χ2n) is 5.23. The lowest BCUT2D eigenvalue weighted by Crippen LogP contribution is -2.36. The first-order valence-electron chi connectivity index (χ1n) is 7.61. The lowest BCUT2D eigenvalue weighted by atomic mass is 9.93. The summed E-state index contributed by atoms with van der Waals surface area (Å²) in [7, 11) is 1.58. The van der Waals surface area contributed by atoms with E-state index in [4.69, 9.17) is 9.47 Å².